The maximum absolute atomic E-state index is 3.45. The van der Waals surface area contributed by atoms with Crippen LogP contribution in [0.1, 0.15) is 36.5 Å². The molecule has 1 aliphatic heterocycles. The van der Waals surface area contributed by atoms with Gasteiger partial charge in [-0.2, -0.15) is 0 Å². The molecule has 0 amide bonds. The van der Waals surface area contributed by atoms with E-state index >= 15 is 0 Å². The molecule has 0 spiro atoms. The molecule has 0 saturated carbocycles. The minimum absolute atomic E-state index is 0.292. The van der Waals surface area contributed by atoms with E-state index in [2.05, 4.69) is 73.8 Å². The maximum atomic E-state index is 3.45. The van der Waals surface area contributed by atoms with Gasteiger partial charge in [-0.3, -0.25) is 0 Å². The van der Waals surface area contributed by atoms with Crippen molar-refractivity contribution >= 4 is 0 Å². The molecule has 0 aliphatic carbocycles. The third-order valence-corrected chi connectivity index (χ3v) is 4.50. The molecule has 0 unspecified atom stereocenters. The van der Waals surface area contributed by atoms with E-state index < -0.39 is 0 Å². The van der Waals surface area contributed by atoms with Crippen LogP contribution in [-0.2, 0) is 11.8 Å². The Kier molecular flexibility index (Phi) is 3.62. The summed E-state index contributed by atoms with van der Waals surface area (Å²) in [5.74, 6) is 0.609. The van der Waals surface area contributed by atoms with Crippen molar-refractivity contribution in [2.75, 3.05) is 13.1 Å². The second-order valence-corrected chi connectivity index (χ2v) is 6.32. The first-order valence-corrected chi connectivity index (χ1v) is 7.55. The zero-order chi connectivity index (χ0) is 14.0. The summed E-state index contributed by atoms with van der Waals surface area (Å²) in [7, 11) is 0. The van der Waals surface area contributed by atoms with Gasteiger partial charge in [0.25, 0.3) is 0 Å². The van der Waals surface area contributed by atoms with Gasteiger partial charge in [0, 0.05) is 18.5 Å². The number of benzene rings is 2. The molecular formula is C19H23N. The molecule has 3 rings (SSSR count). The van der Waals surface area contributed by atoms with E-state index in [1.807, 2.05) is 0 Å². The van der Waals surface area contributed by atoms with Crippen LogP contribution >= 0.6 is 0 Å². The summed E-state index contributed by atoms with van der Waals surface area (Å²) in [4.78, 5) is 0. The number of rotatable bonds is 4. The van der Waals surface area contributed by atoms with Crippen molar-refractivity contribution in [3.8, 4) is 0 Å². The number of hydrogen-bond acceptors (Lipinski definition) is 1. The molecule has 1 N–H and O–H groups in total. The molecular weight excluding hydrogens is 242 g/mol. The Labute approximate surface area is 122 Å². The Hall–Kier alpha value is -1.60. The lowest BCUT2D eigenvalue weighted by atomic mass is 9.71. The van der Waals surface area contributed by atoms with Crippen molar-refractivity contribution in [1.29, 1.82) is 0 Å². The molecule has 1 nitrogen and oxygen atoms in total. The molecule has 0 aromatic heterocycles. The Morgan fingerprint density at radius 1 is 0.950 bits per heavy atom. The summed E-state index contributed by atoms with van der Waals surface area (Å²) in [5, 5.41) is 3.45. The summed E-state index contributed by atoms with van der Waals surface area (Å²) in [6, 6.07) is 20.1. The van der Waals surface area contributed by atoms with Crippen molar-refractivity contribution in [2.24, 2.45) is 0 Å². The average Bonchev–Trinajstić information content (AvgIpc) is 2.44. The van der Waals surface area contributed by atoms with E-state index in [-0.39, 0.29) is 0 Å². The monoisotopic (exact) mass is 265 g/mol. The molecule has 1 fully saturated rings. The van der Waals surface area contributed by atoms with Gasteiger partial charge >= 0.3 is 0 Å². The van der Waals surface area contributed by atoms with E-state index in [1.54, 1.807) is 0 Å². The second-order valence-electron chi connectivity index (χ2n) is 6.32. The minimum Gasteiger partial charge on any atom is -0.315 e. The molecule has 2 aromatic rings. The second kappa shape index (κ2) is 5.41. The SMILES string of the molecule is CC(C)c1ccc(CC2(c3ccccc3)CNC2)cc1. The van der Waals surface area contributed by atoms with Crippen LogP contribution in [0.15, 0.2) is 54.6 Å². The molecule has 1 heterocycles. The number of nitrogens with one attached hydrogen (secondary N) is 1. The first-order chi connectivity index (χ1) is 9.70. The largest absolute Gasteiger partial charge is 0.315 e. The summed E-state index contributed by atoms with van der Waals surface area (Å²) in [6.07, 6.45) is 1.13. The molecule has 1 aliphatic rings. The van der Waals surface area contributed by atoms with Gasteiger partial charge in [0.2, 0.25) is 0 Å². The van der Waals surface area contributed by atoms with Crippen LogP contribution < -0.4 is 5.32 Å². The Morgan fingerprint density at radius 2 is 1.60 bits per heavy atom. The Morgan fingerprint density at radius 3 is 2.10 bits per heavy atom. The van der Waals surface area contributed by atoms with Crippen LogP contribution in [-0.4, -0.2) is 13.1 Å². The van der Waals surface area contributed by atoms with E-state index in [1.165, 1.54) is 16.7 Å². The highest BCUT2D eigenvalue weighted by molar-refractivity contribution is 5.34. The lowest BCUT2D eigenvalue weighted by Crippen LogP contribution is -2.58. The van der Waals surface area contributed by atoms with Crippen molar-refractivity contribution in [2.45, 2.75) is 31.6 Å². The quantitative estimate of drug-likeness (QED) is 0.884. The summed E-state index contributed by atoms with van der Waals surface area (Å²) < 4.78 is 0. The fourth-order valence-electron chi connectivity index (χ4n) is 3.06. The summed E-state index contributed by atoms with van der Waals surface area (Å²) >= 11 is 0. The van der Waals surface area contributed by atoms with E-state index in [9.17, 15) is 0 Å². The smallest absolute Gasteiger partial charge is 0.0242 e. The van der Waals surface area contributed by atoms with Crippen LogP contribution in [0.4, 0.5) is 0 Å². The summed E-state index contributed by atoms with van der Waals surface area (Å²) in [6.45, 7) is 6.67. The highest BCUT2D eigenvalue weighted by Gasteiger charge is 2.38. The van der Waals surface area contributed by atoms with Gasteiger partial charge < -0.3 is 5.32 Å². The molecule has 20 heavy (non-hydrogen) atoms. The topological polar surface area (TPSA) is 12.0 Å². The van der Waals surface area contributed by atoms with E-state index in [0.717, 1.165) is 19.5 Å². The van der Waals surface area contributed by atoms with Crippen LogP contribution in [0.2, 0.25) is 0 Å². The van der Waals surface area contributed by atoms with Gasteiger partial charge in [0.15, 0.2) is 0 Å². The van der Waals surface area contributed by atoms with Crippen LogP contribution in [0.3, 0.4) is 0 Å². The first-order valence-electron chi connectivity index (χ1n) is 7.55. The molecule has 1 heteroatoms. The van der Waals surface area contributed by atoms with Gasteiger partial charge in [-0.05, 0) is 29.0 Å². The standard InChI is InChI=1S/C19H23N/c1-15(2)17-10-8-16(9-11-17)12-19(13-20-14-19)18-6-4-3-5-7-18/h3-11,15,20H,12-14H2,1-2H3. The van der Waals surface area contributed by atoms with E-state index in [0.29, 0.717) is 11.3 Å². The first kappa shape index (κ1) is 13.4. The van der Waals surface area contributed by atoms with E-state index in [4.69, 9.17) is 0 Å². The highest BCUT2D eigenvalue weighted by atomic mass is 15.0. The predicted octanol–water partition coefficient (Wildman–Crippen LogP) is 3.89. The van der Waals surface area contributed by atoms with Gasteiger partial charge in [-0.25, -0.2) is 0 Å². The summed E-state index contributed by atoms with van der Waals surface area (Å²) in [5.41, 5.74) is 4.63. The van der Waals surface area contributed by atoms with Crippen molar-refractivity contribution in [3.63, 3.8) is 0 Å². The van der Waals surface area contributed by atoms with Gasteiger partial charge in [0.05, 0.1) is 0 Å². The van der Waals surface area contributed by atoms with Gasteiger partial charge in [-0.15, -0.1) is 0 Å². The van der Waals surface area contributed by atoms with Crippen molar-refractivity contribution in [3.05, 3.63) is 71.3 Å². The van der Waals surface area contributed by atoms with Gasteiger partial charge in [0.1, 0.15) is 0 Å². The minimum atomic E-state index is 0.292. The van der Waals surface area contributed by atoms with Crippen LogP contribution in [0, 0.1) is 0 Å². The normalized spacial score (nSPS) is 16.9. The average molecular weight is 265 g/mol. The van der Waals surface area contributed by atoms with Gasteiger partial charge in [-0.1, -0.05) is 68.4 Å². The fraction of sp³-hybridized carbons (Fsp3) is 0.368. The molecule has 0 atom stereocenters. The molecule has 104 valence electrons. The van der Waals surface area contributed by atoms with Crippen molar-refractivity contribution in [1.82, 2.24) is 5.32 Å². The third kappa shape index (κ3) is 2.51. The molecule has 2 aromatic carbocycles. The maximum Gasteiger partial charge on any atom is 0.0242 e. The third-order valence-electron chi connectivity index (χ3n) is 4.50. The zero-order valence-electron chi connectivity index (χ0n) is 12.4. The predicted molar refractivity (Wildman–Crippen MR) is 85.2 cm³/mol. The Balaban J connectivity index is 1.82. The molecule has 1 saturated heterocycles. The number of hydrogen-bond donors (Lipinski definition) is 1. The highest BCUT2D eigenvalue weighted by Crippen LogP contribution is 2.32. The van der Waals surface area contributed by atoms with Crippen molar-refractivity contribution < 1.29 is 0 Å². The fourth-order valence-corrected chi connectivity index (χ4v) is 3.06. The lowest BCUT2D eigenvalue weighted by Gasteiger charge is -2.43. The Bertz CT molecular complexity index is 550. The molecule has 0 bridgehead atoms. The van der Waals surface area contributed by atoms with Crippen LogP contribution in [0.5, 0.6) is 0 Å². The zero-order valence-corrected chi connectivity index (χ0v) is 12.4. The molecule has 0 radical (unpaired) electrons. The lowest BCUT2D eigenvalue weighted by molar-refractivity contribution is 0.275. The van der Waals surface area contributed by atoms with Crippen LogP contribution in [0.25, 0.3) is 0 Å².